The van der Waals surface area contributed by atoms with Crippen LogP contribution in [0.25, 0.3) is 0 Å². The smallest absolute Gasteiger partial charge is 0.212 e. The minimum atomic E-state index is -3.23. The van der Waals surface area contributed by atoms with Crippen LogP contribution < -0.4 is 19.4 Å². The van der Waals surface area contributed by atoms with Gasteiger partial charge in [0.05, 0.1) is 19.3 Å². The van der Waals surface area contributed by atoms with Crippen molar-refractivity contribution in [3.8, 4) is 0 Å². The predicted octanol–water partition coefficient (Wildman–Crippen LogP) is -1.22. The maximum atomic E-state index is 12.3. The molecule has 1 aliphatic rings. The molecular formula is C19H36N4O2S+2. The van der Waals surface area contributed by atoms with E-state index in [4.69, 9.17) is 0 Å². The summed E-state index contributed by atoms with van der Waals surface area (Å²) in [5.74, 6) is 0.312. The van der Waals surface area contributed by atoms with E-state index in [-0.39, 0.29) is 17.7 Å². The van der Waals surface area contributed by atoms with Crippen LogP contribution in [-0.2, 0) is 10.0 Å². The van der Waals surface area contributed by atoms with Crippen LogP contribution >= 0.6 is 0 Å². The third-order valence-corrected chi connectivity index (χ3v) is 6.82. The van der Waals surface area contributed by atoms with Crippen molar-refractivity contribution in [1.82, 2.24) is 4.72 Å². The van der Waals surface area contributed by atoms with Gasteiger partial charge in [0.2, 0.25) is 10.0 Å². The molecule has 1 aromatic rings. The molecule has 148 valence electrons. The molecule has 0 amide bonds. The molecule has 0 aromatic heterocycles. The van der Waals surface area contributed by atoms with E-state index in [0.29, 0.717) is 6.54 Å². The lowest BCUT2D eigenvalue weighted by Gasteiger charge is -2.33. The highest BCUT2D eigenvalue weighted by atomic mass is 32.2. The molecule has 0 saturated carbocycles. The fraction of sp³-hybridized carbons (Fsp3) is 0.684. The maximum Gasteiger partial charge on any atom is 0.212 e. The number of sulfonamides is 1. The van der Waals surface area contributed by atoms with Crippen molar-refractivity contribution in [2.75, 3.05) is 64.5 Å². The lowest BCUT2D eigenvalue weighted by molar-refractivity contribution is -1.02. The van der Waals surface area contributed by atoms with Crippen LogP contribution in [0.2, 0.25) is 0 Å². The third-order valence-electron chi connectivity index (χ3n) is 5.11. The van der Waals surface area contributed by atoms with Crippen LogP contribution in [0.1, 0.15) is 25.5 Å². The summed E-state index contributed by atoms with van der Waals surface area (Å²) in [5.41, 5.74) is 2.36. The number of benzene rings is 1. The number of piperazine rings is 1. The van der Waals surface area contributed by atoms with Crippen LogP contribution in [-0.4, -0.2) is 68.0 Å². The first-order chi connectivity index (χ1) is 12.2. The predicted molar refractivity (Wildman–Crippen MR) is 107 cm³/mol. The summed E-state index contributed by atoms with van der Waals surface area (Å²) < 4.78 is 27.5. The van der Waals surface area contributed by atoms with Gasteiger partial charge in [-0.15, -0.1) is 0 Å². The number of rotatable bonds is 8. The highest BCUT2D eigenvalue weighted by Crippen LogP contribution is 2.16. The average molecular weight is 385 g/mol. The van der Waals surface area contributed by atoms with E-state index in [0.717, 1.165) is 31.9 Å². The fourth-order valence-corrected chi connectivity index (χ4v) is 4.97. The van der Waals surface area contributed by atoms with Crippen molar-refractivity contribution < 1.29 is 18.2 Å². The first-order valence-corrected chi connectivity index (χ1v) is 11.2. The zero-order valence-electron chi connectivity index (χ0n) is 16.9. The lowest BCUT2D eigenvalue weighted by atomic mass is 10.0. The topological polar surface area (TPSA) is 58.3 Å². The zero-order valence-corrected chi connectivity index (χ0v) is 17.7. The number of quaternary nitrogens is 2. The molecule has 1 aromatic carbocycles. The minimum absolute atomic E-state index is 0.130. The minimum Gasteiger partial charge on any atom is -0.378 e. The van der Waals surface area contributed by atoms with Gasteiger partial charge >= 0.3 is 0 Å². The Hall–Kier alpha value is -1.15. The fourth-order valence-electron chi connectivity index (χ4n) is 3.56. The number of anilines is 1. The molecule has 3 N–H and O–H groups in total. The molecule has 26 heavy (non-hydrogen) atoms. The van der Waals surface area contributed by atoms with Gasteiger partial charge in [0, 0.05) is 25.3 Å². The molecule has 2 rings (SSSR count). The summed E-state index contributed by atoms with van der Waals surface area (Å²) in [6.45, 7) is 8.72. The van der Waals surface area contributed by atoms with Gasteiger partial charge in [-0.2, -0.15) is 0 Å². The SMILES string of the molecule is CC(C)CS(=O)(=O)NC[C@H](c1ccc(N(C)C)cc1)[NH+]1CC[NH+](C)CC1. The van der Waals surface area contributed by atoms with Gasteiger partial charge in [0.1, 0.15) is 32.2 Å². The van der Waals surface area contributed by atoms with Gasteiger partial charge in [-0.1, -0.05) is 26.0 Å². The van der Waals surface area contributed by atoms with Crippen LogP contribution in [0.3, 0.4) is 0 Å². The monoisotopic (exact) mass is 384 g/mol. The quantitative estimate of drug-likeness (QED) is 0.527. The molecule has 0 radical (unpaired) electrons. The zero-order chi connectivity index (χ0) is 19.3. The molecule has 1 atom stereocenters. The number of nitrogens with one attached hydrogen (secondary N) is 3. The molecule has 6 nitrogen and oxygen atoms in total. The second kappa shape index (κ2) is 9.17. The van der Waals surface area contributed by atoms with Gasteiger partial charge in [0.15, 0.2) is 0 Å². The van der Waals surface area contributed by atoms with Crippen molar-refractivity contribution in [3.63, 3.8) is 0 Å². The molecule has 1 heterocycles. The Bertz CT molecular complexity index is 651. The molecule has 1 aliphatic heterocycles. The normalized spacial score (nSPS) is 22.4. The highest BCUT2D eigenvalue weighted by Gasteiger charge is 2.30. The van der Waals surface area contributed by atoms with E-state index in [2.05, 4.69) is 40.9 Å². The number of likely N-dealkylation sites (N-methyl/N-ethyl adjacent to an activating group) is 1. The van der Waals surface area contributed by atoms with E-state index in [1.807, 2.05) is 27.9 Å². The van der Waals surface area contributed by atoms with Crippen LogP contribution in [0.4, 0.5) is 5.69 Å². The van der Waals surface area contributed by atoms with Crippen LogP contribution in [0.15, 0.2) is 24.3 Å². The maximum absolute atomic E-state index is 12.3. The molecule has 1 saturated heterocycles. The van der Waals surface area contributed by atoms with E-state index >= 15 is 0 Å². The van der Waals surface area contributed by atoms with Gasteiger partial charge in [-0.3, -0.25) is 0 Å². The third kappa shape index (κ3) is 6.23. The summed E-state index contributed by atoms with van der Waals surface area (Å²) >= 11 is 0. The summed E-state index contributed by atoms with van der Waals surface area (Å²) in [6.07, 6.45) is 0. The molecule has 1 fully saturated rings. The van der Waals surface area contributed by atoms with Crippen LogP contribution in [0.5, 0.6) is 0 Å². The van der Waals surface area contributed by atoms with Crippen LogP contribution in [0, 0.1) is 5.92 Å². The molecule has 7 heteroatoms. The number of nitrogens with zero attached hydrogens (tertiary/aromatic N) is 1. The molecule has 0 spiro atoms. The van der Waals surface area contributed by atoms with E-state index in [1.165, 1.54) is 10.5 Å². The Morgan fingerprint density at radius 2 is 1.65 bits per heavy atom. The summed E-state index contributed by atoms with van der Waals surface area (Å²) in [4.78, 5) is 5.10. The number of hydrogen-bond donors (Lipinski definition) is 3. The van der Waals surface area contributed by atoms with Gasteiger partial charge in [-0.05, 0) is 18.1 Å². The van der Waals surface area contributed by atoms with E-state index in [9.17, 15) is 8.42 Å². The Labute approximate surface area is 159 Å². The summed E-state index contributed by atoms with van der Waals surface area (Å²) in [6, 6.07) is 8.68. The molecular weight excluding hydrogens is 348 g/mol. The Morgan fingerprint density at radius 1 is 1.08 bits per heavy atom. The lowest BCUT2D eigenvalue weighted by Crippen LogP contribution is -3.27. The highest BCUT2D eigenvalue weighted by molar-refractivity contribution is 7.89. The van der Waals surface area contributed by atoms with E-state index in [1.54, 1.807) is 4.90 Å². The first-order valence-electron chi connectivity index (χ1n) is 9.58. The standard InChI is InChI=1S/C19H34N4O2S/c1-16(2)15-26(24,25)20-14-19(23-12-10-22(5)11-13-23)17-6-8-18(9-7-17)21(3)4/h6-9,16,19-20H,10-15H2,1-5H3/p+2/t19-/m1/s1. The number of hydrogen-bond acceptors (Lipinski definition) is 3. The van der Waals surface area contributed by atoms with Gasteiger partial charge < -0.3 is 14.7 Å². The Morgan fingerprint density at radius 3 is 2.15 bits per heavy atom. The molecule has 0 bridgehead atoms. The second-order valence-electron chi connectivity index (χ2n) is 8.18. The molecule has 0 aliphatic carbocycles. The molecule has 0 unspecified atom stereocenters. The average Bonchev–Trinajstić information content (AvgIpc) is 2.55. The summed E-state index contributed by atoms with van der Waals surface area (Å²) in [5, 5.41) is 0. The van der Waals surface area contributed by atoms with Crippen molar-refractivity contribution in [2.45, 2.75) is 19.9 Å². The summed E-state index contributed by atoms with van der Waals surface area (Å²) in [7, 11) is 3.05. The van der Waals surface area contributed by atoms with E-state index < -0.39 is 10.0 Å². The second-order valence-corrected chi connectivity index (χ2v) is 10.0. The van der Waals surface area contributed by atoms with Gasteiger partial charge in [-0.25, -0.2) is 13.1 Å². The Kier molecular flexibility index (Phi) is 7.46. The van der Waals surface area contributed by atoms with Gasteiger partial charge in [0.25, 0.3) is 0 Å². The Balaban J connectivity index is 2.16. The largest absolute Gasteiger partial charge is 0.378 e. The van der Waals surface area contributed by atoms with Crippen molar-refractivity contribution in [2.24, 2.45) is 5.92 Å². The van der Waals surface area contributed by atoms with Crippen molar-refractivity contribution in [1.29, 1.82) is 0 Å². The van der Waals surface area contributed by atoms with Crippen molar-refractivity contribution >= 4 is 15.7 Å². The first kappa shape index (κ1) is 21.2. The van der Waals surface area contributed by atoms with Crippen molar-refractivity contribution in [3.05, 3.63) is 29.8 Å².